The Bertz CT molecular complexity index is 1150. The van der Waals surface area contributed by atoms with Crippen LogP contribution in [-0.2, 0) is 0 Å². The number of rotatable bonds is 6. The van der Waals surface area contributed by atoms with Gasteiger partial charge in [-0.05, 0) is 67.6 Å². The third-order valence-corrected chi connectivity index (χ3v) is 4.39. The average Bonchev–Trinajstić information content (AvgIpc) is 3.17. The normalized spacial score (nSPS) is 10.7. The molecule has 1 heterocycles. The minimum absolute atomic E-state index is 0.218. The number of nitrogens with one attached hydrogen (secondary N) is 1. The number of aromatic nitrogens is 1. The third-order valence-electron chi connectivity index (χ3n) is 4.39. The van der Waals surface area contributed by atoms with Crippen LogP contribution < -0.4 is 14.8 Å². The van der Waals surface area contributed by atoms with Gasteiger partial charge in [-0.2, -0.15) is 0 Å². The topological polar surface area (TPSA) is 73.6 Å². The zero-order valence-electron chi connectivity index (χ0n) is 16.1. The first kappa shape index (κ1) is 18.6. The lowest BCUT2D eigenvalue weighted by molar-refractivity contribution is 0.102. The summed E-state index contributed by atoms with van der Waals surface area (Å²) in [5.41, 5.74) is 3.32. The second-order valence-electron chi connectivity index (χ2n) is 6.34. The van der Waals surface area contributed by atoms with Crippen LogP contribution >= 0.6 is 0 Å². The van der Waals surface area contributed by atoms with Crippen molar-refractivity contribution in [3.05, 3.63) is 72.3 Å². The largest absolute Gasteiger partial charge is 0.497 e. The highest BCUT2D eigenvalue weighted by Crippen LogP contribution is 2.27. The molecule has 146 valence electrons. The van der Waals surface area contributed by atoms with E-state index in [1.54, 1.807) is 43.5 Å². The summed E-state index contributed by atoms with van der Waals surface area (Å²) in [6, 6.07) is 19.9. The zero-order chi connectivity index (χ0) is 20.2. The highest BCUT2D eigenvalue weighted by atomic mass is 16.5. The van der Waals surface area contributed by atoms with Gasteiger partial charge < -0.3 is 19.2 Å². The molecule has 6 nitrogen and oxygen atoms in total. The number of benzene rings is 3. The molecule has 29 heavy (non-hydrogen) atoms. The highest BCUT2D eigenvalue weighted by Gasteiger charge is 2.11. The van der Waals surface area contributed by atoms with Crippen LogP contribution in [0.25, 0.3) is 22.6 Å². The maximum atomic E-state index is 12.6. The van der Waals surface area contributed by atoms with Crippen LogP contribution in [0.5, 0.6) is 11.5 Å². The Morgan fingerprint density at radius 2 is 1.86 bits per heavy atom. The van der Waals surface area contributed by atoms with Gasteiger partial charge in [-0.25, -0.2) is 4.98 Å². The standard InChI is InChI=1S/C23H20N2O4/c1-3-28-19-6-4-5-16(13-19)22(26)24-17-9-12-21-20(14-17)25-23(29-21)15-7-10-18(27-2)11-8-15/h4-14H,3H2,1-2H3,(H,24,26). The molecule has 6 heteroatoms. The van der Waals surface area contributed by atoms with E-state index in [-0.39, 0.29) is 5.91 Å². The molecule has 0 aliphatic rings. The Hall–Kier alpha value is -3.80. The van der Waals surface area contributed by atoms with Crippen LogP contribution in [0.3, 0.4) is 0 Å². The molecular formula is C23H20N2O4. The predicted octanol–water partition coefficient (Wildman–Crippen LogP) is 5.15. The van der Waals surface area contributed by atoms with Crippen LogP contribution in [0.2, 0.25) is 0 Å². The number of hydrogen-bond donors (Lipinski definition) is 1. The maximum absolute atomic E-state index is 12.6. The molecule has 0 fully saturated rings. The molecule has 0 unspecified atom stereocenters. The van der Waals surface area contributed by atoms with Gasteiger partial charge in [-0.3, -0.25) is 4.79 Å². The first-order chi connectivity index (χ1) is 14.2. The average molecular weight is 388 g/mol. The van der Waals surface area contributed by atoms with E-state index in [0.29, 0.717) is 40.6 Å². The van der Waals surface area contributed by atoms with Crippen LogP contribution in [-0.4, -0.2) is 24.6 Å². The van der Waals surface area contributed by atoms with Gasteiger partial charge in [-0.1, -0.05) is 6.07 Å². The Balaban J connectivity index is 1.55. The fourth-order valence-electron chi connectivity index (χ4n) is 2.96. The molecule has 0 radical (unpaired) electrons. The molecule has 1 aromatic heterocycles. The summed E-state index contributed by atoms with van der Waals surface area (Å²) in [5.74, 6) is 1.72. The van der Waals surface area contributed by atoms with Gasteiger partial charge in [-0.15, -0.1) is 0 Å². The number of oxazole rings is 1. The zero-order valence-corrected chi connectivity index (χ0v) is 16.1. The van der Waals surface area contributed by atoms with Crippen LogP contribution in [0.4, 0.5) is 5.69 Å². The fourth-order valence-corrected chi connectivity index (χ4v) is 2.96. The van der Waals surface area contributed by atoms with Crippen molar-refractivity contribution >= 4 is 22.7 Å². The Labute approximate surface area is 168 Å². The van der Waals surface area contributed by atoms with E-state index in [9.17, 15) is 4.79 Å². The summed E-state index contributed by atoms with van der Waals surface area (Å²) in [6.07, 6.45) is 0. The maximum Gasteiger partial charge on any atom is 0.255 e. The van der Waals surface area contributed by atoms with Crippen molar-refractivity contribution in [2.45, 2.75) is 6.92 Å². The summed E-state index contributed by atoms with van der Waals surface area (Å²) in [5, 5.41) is 2.89. The van der Waals surface area contributed by atoms with Gasteiger partial charge in [0, 0.05) is 16.8 Å². The molecule has 0 atom stereocenters. The van der Waals surface area contributed by atoms with Gasteiger partial charge in [0.2, 0.25) is 5.89 Å². The van der Waals surface area contributed by atoms with Gasteiger partial charge in [0.1, 0.15) is 17.0 Å². The summed E-state index contributed by atoms with van der Waals surface area (Å²) >= 11 is 0. The molecule has 4 rings (SSSR count). The molecule has 1 N–H and O–H groups in total. The minimum atomic E-state index is -0.218. The number of ether oxygens (including phenoxy) is 2. The number of nitrogens with zero attached hydrogens (tertiary/aromatic N) is 1. The molecule has 0 spiro atoms. The SMILES string of the molecule is CCOc1cccc(C(=O)Nc2ccc3oc(-c4ccc(OC)cc4)nc3c2)c1. The second-order valence-corrected chi connectivity index (χ2v) is 6.34. The smallest absolute Gasteiger partial charge is 0.255 e. The van der Waals surface area contributed by atoms with E-state index in [1.165, 1.54) is 0 Å². The number of amides is 1. The number of carbonyl (C=O) groups excluding carboxylic acids is 1. The molecule has 0 bridgehead atoms. The Kier molecular flexibility index (Phi) is 5.16. The van der Waals surface area contributed by atoms with Crippen molar-refractivity contribution in [2.24, 2.45) is 0 Å². The number of fused-ring (bicyclic) bond motifs is 1. The summed E-state index contributed by atoms with van der Waals surface area (Å²) < 4.78 is 16.5. The van der Waals surface area contributed by atoms with Crippen molar-refractivity contribution in [2.75, 3.05) is 19.0 Å². The van der Waals surface area contributed by atoms with E-state index in [1.807, 2.05) is 37.3 Å². The van der Waals surface area contributed by atoms with Crippen LogP contribution in [0, 0.1) is 0 Å². The van der Waals surface area contributed by atoms with E-state index in [4.69, 9.17) is 13.9 Å². The van der Waals surface area contributed by atoms with Crippen molar-refractivity contribution in [1.82, 2.24) is 4.98 Å². The lowest BCUT2D eigenvalue weighted by Crippen LogP contribution is -2.11. The molecule has 4 aromatic rings. The second kappa shape index (κ2) is 8.06. The lowest BCUT2D eigenvalue weighted by Gasteiger charge is -2.07. The van der Waals surface area contributed by atoms with E-state index in [0.717, 1.165) is 11.3 Å². The number of carbonyl (C=O) groups is 1. The quantitative estimate of drug-likeness (QED) is 0.494. The fraction of sp³-hybridized carbons (Fsp3) is 0.130. The Morgan fingerprint density at radius 3 is 2.62 bits per heavy atom. The van der Waals surface area contributed by atoms with Gasteiger partial charge in [0.05, 0.1) is 13.7 Å². The Morgan fingerprint density at radius 1 is 1.03 bits per heavy atom. The lowest BCUT2D eigenvalue weighted by atomic mass is 10.2. The molecule has 0 aliphatic carbocycles. The van der Waals surface area contributed by atoms with E-state index >= 15 is 0 Å². The molecule has 0 aliphatic heterocycles. The third kappa shape index (κ3) is 4.06. The van der Waals surface area contributed by atoms with Gasteiger partial charge in [0.15, 0.2) is 5.58 Å². The molecule has 3 aromatic carbocycles. The summed E-state index contributed by atoms with van der Waals surface area (Å²) in [6.45, 7) is 2.45. The van der Waals surface area contributed by atoms with Gasteiger partial charge in [0.25, 0.3) is 5.91 Å². The van der Waals surface area contributed by atoms with Crippen molar-refractivity contribution in [3.8, 4) is 23.0 Å². The first-order valence-electron chi connectivity index (χ1n) is 9.25. The molecule has 0 saturated heterocycles. The van der Waals surface area contributed by atoms with Crippen molar-refractivity contribution < 1.29 is 18.7 Å². The predicted molar refractivity (Wildman–Crippen MR) is 112 cm³/mol. The van der Waals surface area contributed by atoms with Crippen molar-refractivity contribution in [1.29, 1.82) is 0 Å². The number of methoxy groups -OCH3 is 1. The molecular weight excluding hydrogens is 368 g/mol. The molecule has 1 amide bonds. The van der Waals surface area contributed by atoms with Crippen molar-refractivity contribution in [3.63, 3.8) is 0 Å². The molecule has 0 saturated carbocycles. The number of anilines is 1. The minimum Gasteiger partial charge on any atom is -0.497 e. The van der Waals surface area contributed by atoms with Crippen LogP contribution in [0.1, 0.15) is 17.3 Å². The highest BCUT2D eigenvalue weighted by molar-refractivity contribution is 6.05. The monoisotopic (exact) mass is 388 g/mol. The number of hydrogen-bond acceptors (Lipinski definition) is 5. The first-order valence-corrected chi connectivity index (χ1v) is 9.25. The van der Waals surface area contributed by atoms with E-state index in [2.05, 4.69) is 10.3 Å². The van der Waals surface area contributed by atoms with Crippen LogP contribution in [0.15, 0.2) is 71.1 Å². The summed E-state index contributed by atoms with van der Waals surface area (Å²) in [4.78, 5) is 17.1. The summed E-state index contributed by atoms with van der Waals surface area (Å²) in [7, 11) is 1.62. The van der Waals surface area contributed by atoms with E-state index < -0.39 is 0 Å². The van der Waals surface area contributed by atoms with Gasteiger partial charge >= 0.3 is 0 Å².